The predicted octanol–water partition coefficient (Wildman–Crippen LogP) is 2.87. The number of aliphatic hydroxyl groups excluding tert-OH is 1. The topological polar surface area (TPSA) is 70.1 Å². The van der Waals surface area contributed by atoms with Crippen LogP contribution in [0.4, 0.5) is 11.8 Å². The fraction of sp³-hybridized carbons (Fsp3) is 0.571. The molecule has 0 aromatic carbocycles. The van der Waals surface area contributed by atoms with Crippen molar-refractivity contribution < 1.29 is 5.11 Å². The van der Waals surface area contributed by atoms with Gasteiger partial charge in [0, 0.05) is 24.6 Å². The molecule has 2 heterocycles. The van der Waals surface area contributed by atoms with E-state index in [2.05, 4.69) is 33.6 Å². The molecule has 0 saturated heterocycles. The summed E-state index contributed by atoms with van der Waals surface area (Å²) in [5.74, 6) is 1.56. The molecular weight excluding hydrogens is 272 g/mol. The second-order valence-electron chi connectivity index (χ2n) is 4.57. The van der Waals surface area contributed by atoms with Gasteiger partial charge in [0.05, 0.1) is 5.39 Å². The SMILES string of the molecule is CCNc1nc(NCCCCO)c2cc(CC)sc2n1. The molecule has 20 heavy (non-hydrogen) atoms. The van der Waals surface area contributed by atoms with Crippen LogP contribution in [0, 0.1) is 0 Å². The average molecular weight is 294 g/mol. The molecule has 0 fully saturated rings. The number of nitrogens with zero attached hydrogens (tertiary/aromatic N) is 2. The molecule has 0 saturated carbocycles. The summed E-state index contributed by atoms with van der Waals surface area (Å²) in [5, 5.41) is 16.5. The first-order chi connectivity index (χ1) is 9.78. The van der Waals surface area contributed by atoms with Crippen LogP contribution in [0.2, 0.25) is 0 Å². The summed E-state index contributed by atoms with van der Waals surface area (Å²) < 4.78 is 0. The highest BCUT2D eigenvalue weighted by Gasteiger charge is 2.10. The van der Waals surface area contributed by atoms with E-state index in [9.17, 15) is 0 Å². The Labute approximate surface area is 123 Å². The monoisotopic (exact) mass is 294 g/mol. The Bertz CT molecular complexity index is 555. The molecule has 0 amide bonds. The molecule has 3 N–H and O–H groups in total. The lowest BCUT2D eigenvalue weighted by molar-refractivity contribution is 0.286. The lowest BCUT2D eigenvalue weighted by atomic mass is 10.3. The van der Waals surface area contributed by atoms with Gasteiger partial charge in [0.2, 0.25) is 5.95 Å². The van der Waals surface area contributed by atoms with Gasteiger partial charge in [0.25, 0.3) is 0 Å². The fourth-order valence-corrected chi connectivity index (χ4v) is 2.93. The molecule has 0 bridgehead atoms. The van der Waals surface area contributed by atoms with E-state index in [0.717, 1.165) is 48.4 Å². The smallest absolute Gasteiger partial charge is 0.226 e. The second kappa shape index (κ2) is 7.40. The van der Waals surface area contributed by atoms with E-state index in [1.165, 1.54) is 4.88 Å². The number of rotatable bonds is 8. The Morgan fingerprint density at radius 2 is 2.05 bits per heavy atom. The van der Waals surface area contributed by atoms with Crippen LogP contribution < -0.4 is 10.6 Å². The summed E-state index contributed by atoms with van der Waals surface area (Å²) in [4.78, 5) is 11.4. The van der Waals surface area contributed by atoms with Gasteiger partial charge >= 0.3 is 0 Å². The molecule has 0 spiro atoms. The first kappa shape index (κ1) is 15.0. The number of anilines is 2. The number of thiophene rings is 1. The first-order valence-electron chi connectivity index (χ1n) is 7.17. The number of fused-ring (bicyclic) bond motifs is 1. The van der Waals surface area contributed by atoms with E-state index in [1.54, 1.807) is 11.3 Å². The van der Waals surface area contributed by atoms with Gasteiger partial charge in [-0.15, -0.1) is 11.3 Å². The van der Waals surface area contributed by atoms with Crippen molar-refractivity contribution in [1.29, 1.82) is 0 Å². The van der Waals surface area contributed by atoms with E-state index in [-0.39, 0.29) is 6.61 Å². The van der Waals surface area contributed by atoms with Gasteiger partial charge in [-0.1, -0.05) is 6.92 Å². The van der Waals surface area contributed by atoms with Crippen LogP contribution in [0.3, 0.4) is 0 Å². The lowest BCUT2D eigenvalue weighted by Crippen LogP contribution is -2.08. The van der Waals surface area contributed by atoms with Crippen molar-refractivity contribution in [3.05, 3.63) is 10.9 Å². The van der Waals surface area contributed by atoms with Crippen molar-refractivity contribution in [3.8, 4) is 0 Å². The summed E-state index contributed by atoms with van der Waals surface area (Å²) in [6.45, 7) is 6.05. The van der Waals surface area contributed by atoms with Crippen molar-refractivity contribution in [1.82, 2.24) is 9.97 Å². The maximum absolute atomic E-state index is 8.82. The van der Waals surface area contributed by atoms with Crippen LogP contribution in [0.1, 0.15) is 31.6 Å². The quantitative estimate of drug-likeness (QED) is 0.653. The van der Waals surface area contributed by atoms with Gasteiger partial charge in [-0.2, -0.15) is 4.98 Å². The van der Waals surface area contributed by atoms with E-state index < -0.39 is 0 Å². The zero-order valence-electron chi connectivity index (χ0n) is 12.1. The molecule has 2 aromatic rings. The van der Waals surface area contributed by atoms with Gasteiger partial charge in [-0.3, -0.25) is 0 Å². The largest absolute Gasteiger partial charge is 0.396 e. The number of unbranched alkanes of at least 4 members (excludes halogenated alkanes) is 1. The van der Waals surface area contributed by atoms with E-state index >= 15 is 0 Å². The molecule has 0 unspecified atom stereocenters. The first-order valence-corrected chi connectivity index (χ1v) is 7.99. The summed E-state index contributed by atoms with van der Waals surface area (Å²) >= 11 is 1.72. The molecule has 0 aliphatic heterocycles. The molecule has 110 valence electrons. The van der Waals surface area contributed by atoms with Crippen molar-refractivity contribution in [3.63, 3.8) is 0 Å². The Kier molecular flexibility index (Phi) is 5.55. The highest BCUT2D eigenvalue weighted by atomic mass is 32.1. The number of hydrogen-bond donors (Lipinski definition) is 3. The Morgan fingerprint density at radius 3 is 2.75 bits per heavy atom. The average Bonchev–Trinajstić information content (AvgIpc) is 2.87. The molecule has 0 atom stereocenters. The second-order valence-corrected chi connectivity index (χ2v) is 5.68. The van der Waals surface area contributed by atoms with Gasteiger partial charge in [0.1, 0.15) is 10.6 Å². The Balaban J connectivity index is 2.25. The van der Waals surface area contributed by atoms with E-state index in [4.69, 9.17) is 5.11 Å². The molecule has 6 heteroatoms. The van der Waals surface area contributed by atoms with Crippen molar-refractivity contribution >= 4 is 33.3 Å². The normalized spacial score (nSPS) is 10.9. The minimum absolute atomic E-state index is 0.238. The van der Waals surface area contributed by atoms with Crippen LogP contribution in [0.25, 0.3) is 10.2 Å². The third kappa shape index (κ3) is 3.58. The highest BCUT2D eigenvalue weighted by Crippen LogP contribution is 2.30. The molecule has 5 nitrogen and oxygen atoms in total. The van der Waals surface area contributed by atoms with Crippen LogP contribution >= 0.6 is 11.3 Å². The van der Waals surface area contributed by atoms with Gasteiger partial charge in [0.15, 0.2) is 0 Å². The van der Waals surface area contributed by atoms with Crippen LogP contribution in [0.15, 0.2) is 6.07 Å². The minimum atomic E-state index is 0.238. The number of aliphatic hydroxyl groups is 1. The van der Waals surface area contributed by atoms with Crippen molar-refractivity contribution in [2.45, 2.75) is 33.1 Å². The van der Waals surface area contributed by atoms with Crippen LogP contribution in [0.5, 0.6) is 0 Å². The zero-order chi connectivity index (χ0) is 14.4. The maximum Gasteiger partial charge on any atom is 0.226 e. The number of aryl methyl sites for hydroxylation is 1. The van der Waals surface area contributed by atoms with Crippen molar-refractivity contribution in [2.24, 2.45) is 0 Å². The predicted molar refractivity (Wildman–Crippen MR) is 85.8 cm³/mol. The number of hydrogen-bond acceptors (Lipinski definition) is 6. The molecule has 0 aliphatic rings. The summed E-state index contributed by atoms with van der Waals surface area (Å²) in [5.41, 5.74) is 0. The third-order valence-corrected chi connectivity index (χ3v) is 4.18. The minimum Gasteiger partial charge on any atom is -0.396 e. The molecule has 2 rings (SSSR count). The standard InChI is InChI=1S/C14H22N4OS/c1-3-10-9-11-12(16-7-5-6-8-19)17-14(15-4-2)18-13(11)20-10/h9,19H,3-8H2,1-2H3,(H2,15,16,17,18). The number of aromatic nitrogens is 2. The Morgan fingerprint density at radius 1 is 1.20 bits per heavy atom. The van der Waals surface area contributed by atoms with Gasteiger partial charge in [-0.25, -0.2) is 4.98 Å². The summed E-state index contributed by atoms with van der Waals surface area (Å²) in [6, 6.07) is 2.17. The van der Waals surface area contributed by atoms with Crippen molar-refractivity contribution in [2.75, 3.05) is 30.3 Å². The van der Waals surface area contributed by atoms with Gasteiger partial charge < -0.3 is 15.7 Å². The summed E-state index contributed by atoms with van der Waals surface area (Å²) in [7, 11) is 0. The van der Waals surface area contributed by atoms with Gasteiger partial charge in [-0.05, 0) is 32.3 Å². The Hall–Kier alpha value is -1.40. The number of nitrogens with one attached hydrogen (secondary N) is 2. The van der Waals surface area contributed by atoms with Crippen LogP contribution in [-0.4, -0.2) is 34.8 Å². The summed E-state index contributed by atoms with van der Waals surface area (Å²) in [6.07, 6.45) is 2.76. The fourth-order valence-electron chi connectivity index (χ4n) is 1.96. The van der Waals surface area contributed by atoms with E-state index in [1.807, 2.05) is 6.92 Å². The molecular formula is C14H22N4OS. The zero-order valence-corrected chi connectivity index (χ0v) is 12.9. The lowest BCUT2D eigenvalue weighted by Gasteiger charge is -2.08. The molecule has 0 radical (unpaired) electrons. The maximum atomic E-state index is 8.82. The molecule has 2 aromatic heterocycles. The van der Waals surface area contributed by atoms with E-state index in [0.29, 0.717) is 5.95 Å². The van der Waals surface area contributed by atoms with Crippen LogP contribution in [-0.2, 0) is 6.42 Å². The molecule has 0 aliphatic carbocycles. The highest BCUT2D eigenvalue weighted by molar-refractivity contribution is 7.18. The third-order valence-electron chi connectivity index (χ3n) is 3.00.